The number of benzene rings is 1. The fourth-order valence-corrected chi connectivity index (χ4v) is 2.70. The third-order valence-corrected chi connectivity index (χ3v) is 4.09. The lowest BCUT2D eigenvalue weighted by atomic mass is 10.0. The van der Waals surface area contributed by atoms with E-state index in [0.717, 1.165) is 18.5 Å². The highest BCUT2D eigenvalue weighted by atomic mass is 16.4. The van der Waals surface area contributed by atoms with Gasteiger partial charge in [0.25, 0.3) is 0 Å². The SMILES string of the molecule is O=C(O)C(CO)NC(=O)C(Cc1ccccc1)NC(=O)C1CCCN1. The van der Waals surface area contributed by atoms with Crippen LogP contribution in [0.1, 0.15) is 18.4 Å². The first-order chi connectivity index (χ1) is 12.0. The minimum atomic E-state index is -1.41. The predicted octanol–water partition coefficient (Wildman–Crippen LogP) is -0.972. The molecule has 1 heterocycles. The monoisotopic (exact) mass is 349 g/mol. The van der Waals surface area contributed by atoms with Crippen LogP contribution in [0.4, 0.5) is 0 Å². The molecule has 25 heavy (non-hydrogen) atoms. The molecule has 1 aromatic rings. The second kappa shape index (κ2) is 9.14. The molecule has 3 unspecified atom stereocenters. The number of aliphatic hydroxyl groups excluding tert-OH is 1. The second-order valence-electron chi connectivity index (χ2n) is 5.98. The molecule has 1 saturated heterocycles. The van der Waals surface area contributed by atoms with E-state index in [1.54, 1.807) is 0 Å². The Morgan fingerprint density at radius 1 is 1.16 bits per heavy atom. The average Bonchev–Trinajstić information content (AvgIpc) is 3.14. The van der Waals surface area contributed by atoms with Gasteiger partial charge in [-0.1, -0.05) is 30.3 Å². The number of carbonyl (C=O) groups is 3. The van der Waals surface area contributed by atoms with Crippen molar-refractivity contribution in [2.75, 3.05) is 13.2 Å². The van der Waals surface area contributed by atoms with Crippen LogP contribution >= 0.6 is 0 Å². The number of nitrogens with one attached hydrogen (secondary N) is 3. The summed E-state index contributed by atoms with van der Waals surface area (Å²) in [5, 5.41) is 26.1. The largest absolute Gasteiger partial charge is 0.480 e. The van der Waals surface area contributed by atoms with Crippen molar-refractivity contribution in [2.24, 2.45) is 0 Å². The van der Waals surface area contributed by atoms with E-state index >= 15 is 0 Å². The molecule has 0 radical (unpaired) electrons. The van der Waals surface area contributed by atoms with Crippen LogP contribution < -0.4 is 16.0 Å². The van der Waals surface area contributed by atoms with E-state index in [0.29, 0.717) is 6.42 Å². The van der Waals surface area contributed by atoms with Crippen molar-refractivity contribution < 1.29 is 24.6 Å². The molecule has 0 saturated carbocycles. The highest BCUT2D eigenvalue weighted by Crippen LogP contribution is 2.08. The number of aliphatic carboxylic acids is 1. The Labute approximate surface area is 145 Å². The predicted molar refractivity (Wildman–Crippen MR) is 89.8 cm³/mol. The summed E-state index contributed by atoms with van der Waals surface area (Å²) in [7, 11) is 0. The van der Waals surface area contributed by atoms with Gasteiger partial charge in [0.1, 0.15) is 12.1 Å². The van der Waals surface area contributed by atoms with Crippen LogP contribution in [0.25, 0.3) is 0 Å². The standard InChI is InChI=1S/C17H23N3O5/c21-10-14(17(24)25)20-16(23)13(9-11-5-2-1-3-6-11)19-15(22)12-7-4-8-18-12/h1-3,5-6,12-14,18,21H,4,7-10H2,(H,19,22)(H,20,23)(H,24,25). The van der Waals surface area contributed by atoms with Gasteiger partial charge in [-0.15, -0.1) is 0 Å². The molecule has 2 amide bonds. The van der Waals surface area contributed by atoms with Gasteiger partial charge < -0.3 is 26.2 Å². The van der Waals surface area contributed by atoms with Gasteiger partial charge >= 0.3 is 5.97 Å². The third kappa shape index (κ3) is 5.54. The van der Waals surface area contributed by atoms with Crippen LogP contribution in [0, 0.1) is 0 Å². The molecule has 8 heteroatoms. The van der Waals surface area contributed by atoms with E-state index in [1.807, 2.05) is 30.3 Å². The molecule has 8 nitrogen and oxygen atoms in total. The molecule has 0 spiro atoms. The number of aliphatic hydroxyl groups is 1. The topological polar surface area (TPSA) is 128 Å². The van der Waals surface area contributed by atoms with Gasteiger partial charge in [0, 0.05) is 6.42 Å². The number of hydrogen-bond acceptors (Lipinski definition) is 5. The maximum Gasteiger partial charge on any atom is 0.328 e. The van der Waals surface area contributed by atoms with Crippen LogP contribution in [-0.2, 0) is 20.8 Å². The summed E-state index contributed by atoms with van der Waals surface area (Å²) < 4.78 is 0. The Balaban J connectivity index is 2.08. The maximum atomic E-state index is 12.5. The number of amides is 2. The van der Waals surface area contributed by atoms with Crippen molar-refractivity contribution in [2.45, 2.75) is 37.4 Å². The first kappa shape index (κ1) is 18.9. The first-order valence-electron chi connectivity index (χ1n) is 8.23. The van der Waals surface area contributed by atoms with Gasteiger partial charge in [-0.3, -0.25) is 9.59 Å². The van der Waals surface area contributed by atoms with Gasteiger partial charge in [0.15, 0.2) is 0 Å². The molecule has 1 aromatic carbocycles. The first-order valence-corrected chi connectivity index (χ1v) is 8.23. The molecule has 1 fully saturated rings. The molecule has 1 aliphatic heterocycles. The summed E-state index contributed by atoms with van der Waals surface area (Å²) in [6, 6.07) is 6.43. The zero-order chi connectivity index (χ0) is 18.2. The smallest absolute Gasteiger partial charge is 0.328 e. The Bertz CT molecular complexity index is 602. The van der Waals surface area contributed by atoms with Crippen molar-refractivity contribution in [1.29, 1.82) is 0 Å². The Morgan fingerprint density at radius 2 is 1.88 bits per heavy atom. The van der Waals surface area contributed by atoms with Crippen LogP contribution in [0.2, 0.25) is 0 Å². The third-order valence-electron chi connectivity index (χ3n) is 4.09. The van der Waals surface area contributed by atoms with Crippen molar-refractivity contribution in [3.63, 3.8) is 0 Å². The summed E-state index contributed by atoms with van der Waals surface area (Å²) in [5.74, 6) is -2.26. The minimum Gasteiger partial charge on any atom is -0.480 e. The zero-order valence-corrected chi connectivity index (χ0v) is 13.8. The van der Waals surface area contributed by atoms with Crippen molar-refractivity contribution in [1.82, 2.24) is 16.0 Å². The highest BCUT2D eigenvalue weighted by molar-refractivity contribution is 5.92. The van der Waals surface area contributed by atoms with Crippen LogP contribution in [0.5, 0.6) is 0 Å². The Kier molecular flexibility index (Phi) is 6.91. The fraction of sp³-hybridized carbons (Fsp3) is 0.471. The normalized spacial score (nSPS) is 19.0. The number of hydrogen-bond donors (Lipinski definition) is 5. The van der Waals surface area contributed by atoms with Gasteiger partial charge in [-0.25, -0.2) is 4.79 Å². The zero-order valence-electron chi connectivity index (χ0n) is 13.8. The van der Waals surface area contributed by atoms with Gasteiger partial charge in [-0.2, -0.15) is 0 Å². The van der Waals surface area contributed by atoms with E-state index in [9.17, 15) is 14.4 Å². The van der Waals surface area contributed by atoms with E-state index < -0.39 is 30.6 Å². The molecule has 5 N–H and O–H groups in total. The van der Waals surface area contributed by atoms with Crippen LogP contribution in [-0.4, -0.2) is 59.3 Å². The van der Waals surface area contributed by atoms with Gasteiger partial charge in [0.2, 0.25) is 11.8 Å². The van der Waals surface area contributed by atoms with Gasteiger partial charge in [0.05, 0.1) is 12.6 Å². The lowest BCUT2D eigenvalue weighted by molar-refractivity contribution is -0.143. The molecule has 3 atom stereocenters. The quantitative estimate of drug-likeness (QED) is 0.411. The maximum absolute atomic E-state index is 12.5. The molecule has 0 aliphatic carbocycles. The summed E-state index contributed by atoms with van der Waals surface area (Å²) in [6.45, 7) is 0.0243. The van der Waals surface area contributed by atoms with Gasteiger partial charge in [-0.05, 0) is 24.9 Å². The van der Waals surface area contributed by atoms with Crippen molar-refractivity contribution in [3.05, 3.63) is 35.9 Å². The Hall–Kier alpha value is -2.45. The highest BCUT2D eigenvalue weighted by Gasteiger charge is 2.29. The van der Waals surface area contributed by atoms with Crippen molar-refractivity contribution >= 4 is 17.8 Å². The summed E-state index contributed by atoms with van der Waals surface area (Å²) >= 11 is 0. The van der Waals surface area contributed by atoms with E-state index in [4.69, 9.17) is 10.2 Å². The fourth-order valence-electron chi connectivity index (χ4n) is 2.70. The molecular formula is C17H23N3O5. The minimum absolute atomic E-state index is 0.225. The average molecular weight is 349 g/mol. The number of carbonyl (C=O) groups excluding carboxylic acids is 2. The summed E-state index contributed by atoms with van der Waals surface area (Å²) in [4.78, 5) is 35.8. The molecule has 136 valence electrons. The summed E-state index contributed by atoms with van der Waals surface area (Å²) in [5.41, 5.74) is 0.832. The van der Waals surface area contributed by atoms with E-state index in [-0.39, 0.29) is 18.4 Å². The number of carboxylic acid groups (broad SMARTS) is 1. The Morgan fingerprint density at radius 3 is 2.44 bits per heavy atom. The van der Waals surface area contributed by atoms with Crippen LogP contribution in [0.3, 0.4) is 0 Å². The van der Waals surface area contributed by atoms with Crippen LogP contribution in [0.15, 0.2) is 30.3 Å². The molecule has 1 aliphatic rings. The lowest BCUT2D eigenvalue weighted by Crippen LogP contribution is -2.55. The molecular weight excluding hydrogens is 326 g/mol. The van der Waals surface area contributed by atoms with E-state index in [1.165, 1.54) is 0 Å². The lowest BCUT2D eigenvalue weighted by Gasteiger charge is -2.22. The molecule has 0 bridgehead atoms. The van der Waals surface area contributed by atoms with Crippen molar-refractivity contribution in [3.8, 4) is 0 Å². The number of carboxylic acids is 1. The summed E-state index contributed by atoms with van der Waals surface area (Å²) in [6.07, 6.45) is 1.81. The molecule has 2 rings (SSSR count). The van der Waals surface area contributed by atoms with E-state index in [2.05, 4.69) is 16.0 Å². The number of rotatable bonds is 8. The molecule has 0 aromatic heterocycles. The second-order valence-corrected chi connectivity index (χ2v) is 5.98.